The number of aryl methyl sites for hydroxylation is 2. The number of anilines is 1. The predicted molar refractivity (Wildman–Crippen MR) is 110 cm³/mol. The van der Waals surface area contributed by atoms with Gasteiger partial charge in [-0.15, -0.1) is 0 Å². The average Bonchev–Trinajstić information content (AvgIpc) is 2.68. The fourth-order valence-electron chi connectivity index (χ4n) is 3.50. The Labute approximate surface area is 162 Å². The summed E-state index contributed by atoms with van der Waals surface area (Å²) in [6.45, 7) is 9.45. The van der Waals surface area contributed by atoms with Crippen molar-refractivity contribution in [2.75, 3.05) is 31.1 Å². The third kappa shape index (κ3) is 5.06. The third-order valence-corrected chi connectivity index (χ3v) is 5.07. The molecule has 1 aromatic carbocycles. The average molecular weight is 367 g/mol. The zero-order chi connectivity index (χ0) is 19.2. The molecule has 5 heteroatoms. The summed E-state index contributed by atoms with van der Waals surface area (Å²) < 4.78 is 0. The molecular formula is C22H30N4O. The summed E-state index contributed by atoms with van der Waals surface area (Å²) in [7, 11) is 0. The van der Waals surface area contributed by atoms with Crippen molar-refractivity contribution in [3.05, 3.63) is 41.6 Å². The highest BCUT2D eigenvalue weighted by Crippen LogP contribution is 2.22. The lowest BCUT2D eigenvalue weighted by molar-refractivity contribution is -0.131. The summed E-state index contributed by atoms with van der Waals surface area (Å²) in [6, 6.07) is 10.3. The first-order valence-electron chi connectivity index (χ1n) is 10.0. The molecule has 1 fully saturated rings. The second-order valence-corrected chi connectivity index (χ2v) is 7.39. The summed E-state index contributed by atoms with van der Waals surface area (Å²) in [5.74, 6) is 2.02. The first-order valence-corrected chi connectivity index (χ1v) is 10.0. The monoisotopic (exact) mass is 366 g/mol. The fourth-order valence-corrected chi connectivity index (χ4v) is 3.50. The van der Waals surface area contributed by atoms with E-state index in [-0.39, 0.29) is 0 Å². The van der Waals surface area contributed by atoms with Crippen molar-refractivity contribution in [2.24, 2.45) is 0 Å². The van der Waals surface area contributed by atoms with E-state index in [0.29, 0.717) is 12.3 Å². The normalized spacial score (nSPS) is 14.5. The number of hydrogen-bond donors (Lipinski definition) is 0. The maximum atomic E-state index is 12.3. The molecule has 0 N–H and O–H groups in total. The smallest absolute Gasteiger partial charge is 0.222 e. The van der Waals surface area contributed by atoms with Crippen molar-refractivity contribution in [2.45, 2.75) is 46.5 Å². The van der Waals surface area contributed by atoms with E-state index >= 15 is 0 Å². The number of nitrogens with zero attached hydrogens (tertiary/aromatic N) is 4. The van der Waals surface area contributed by atoms with Crippen LogP contribution in [-0.4, -0.2) is 47.0 Å². The summed E-state index contributed by atoms with van der Waals surface area (Å²) in [5, 5.41) is 0. The Morgan fingerprint density at radius 3 is 2.52 bits per heavy atom. The Morgan fingerprint density at radius 2 is 1.81 bits per heavy atom. The standard InChI is InChI=1S/C22H30N4O/c1-4-5-6-10-21(27)26-13-11-25(12-14-26)20-16-18(3)23-22(24-20)19-9-7-8-17(2)15-19/h7-9,15-16H,4-6,10-14H2,1-3H3. The molecule has 2 aromatic rings. The van der Waals surface area contributed by atoms with Gasteiger partial charge in [-0.1, -0.05) is 43.5 Å². The first kappa shape index (κ1) is 19.3. The van der Waals surface area contributed by atoms with Crippen LogP contribution in [0.25, 0.3) is 11.4 Å². The van der Waals surface area contributed by atoms with Gasteiger partial charge in [0.2, 0.25) is 5.91 Å². The van der Waals surface area contributed by atoms with E-state index < -0.39 is 0 Å². The van der Waals surface area contributed by atoms with Crippen molar-refractivity contribution in [3.63, 3.8) is 0 Å². The van der Waals surface area contributed by atoms with Crippen LogP contribution in [0.5, 0.6) is 0 Å². The van der Waals surface area contributed by atoms with E-state index in [0.717, 1.165) is 68.3 Å². The molecule has 0 aliphatic carbocycles. The van der Waals surface area contributed by atoms with Crippen LogP contribution in [-0.2, 0) is 4.79 Å². The second-order valence-electron chi connectivity index (χ2n) is 7.39. The van der Waals surface area contributed by atoms with Crippen molar-refractivity contribution in [1.82, 2.24) is 14.9 Å². The summed E-state index contributed by atoms with van der Waals surface area (Å²) in [5.41, 5.74) is 3.22. The van der Waals surface area contributed by atoms with Crippen LogP contribution in [0.1, 0.15) is 43.9 Å². The van der Waals surface area contributed by atoms with Gasteiger partial charge in [-0.3, -0.25) is 4.79 Å². The highest BCUT2D eigenvalue weighted by Gasteiger charge is 2.22. The number of benzene rings is 1. The van der Waals surface area contributed by atoms with Gasteiger partial charge in [-0.2, -0.15) is 0 Å². The van der Waals surface area contributed by atoms with Gasteiger partial charge in [0.25, 0.3) is 0 Å². The van der Waals surface area contributed by atoms with Crippen LogP contribution in [0.2, 0.25) is 0 Å². The molecule has 1 aliphatic heterocycles. The molecule has 0 saturated carbocycles. The molecule has 1 saturated heterocycles. The van der Waals surface area contributed by atoms with Gasteiger partial charge in [-0.25, -0.2) is 9.97 Å². The molecule has 0 spiro atoms. The molecule has 0 atom stereocenters. The van der Waals surface area contributed by atoms with Crippen molar-refractivity contribution in [3.8, 4) is 11.4 Å². The third-order valence-electron chi connectivity index (χ3n) is 5.07. The van der Waals surface area contributed by atoms with Crippen molar-refractivity contribution < 1.29 is 4.79 Å². The van der Waals surface area contributed by atoms with Gasteiger partial charge < -0.3 is 9.80 Å². The number of amides is 1. The molecule has 144 valence electrons. The van der Waals surface area contributed by atoms with Crippen LogP contribution in [0.4, 0.5) is 5.82 Å². The van der Waals surface area contributed by atoms with E-state index in [1.807, 2.05) is 24.0 Å². The van der Waals surface area contributed by atoms with Crippen LogP contribution < -0.4 is 4.90 Å². The zero-order valence-corrected chi connectivity index (χ0v) is 16.7. The Bertz CT molecular complexity index is 782. The number of carbonyl (C=O) groups excluding carboxylic acids is 1. The molecule has 5 nitrogen and oxygen atoms in total. The van der Waals surface area contributed by atoms with Crippen LogP contribution in [0.3, 0.4) is 0 Å². The minimum atomic E-state index is 0.294. The Balaban J connectivity index is 1.67. The van der Waals surface area contributed by atoms with Gasteiger partial charge in [0.1, 0.15) is 5.82 Å². The summed E-state index contributed by atoms with van der Waals surface area (Å²) in [4.78, 5) is 26.0. The first-order chi connectivity index (χ1) is 13.1. The number of hydrogen-bond acceptors (Lipinski definition) is 4. The van der Waals surface area contributed by atoms with Gasteiger partial charge in [0.15, 0.2) is 5.82 Å². The Hall–Kier alpha value is -2.43. The zero-order valence-electron chi connectivity index (χ0n) is 16.7. The molecule has 3 rings (SSSR count). The maximum absolute atomic E-state index is 12.3. The quantitative estimate of drug-likeness (QED) is 0.726. The van der Waals surface area contributed by atoms with Crippen molar-refractivity contribution >= 4 is 11.7 Å². The van der Waals surface area contributed by atoms with E-state index in [4.69, 9.17) is 4.98 Å². The van der Waals surface area contributed by atoms with Gasteiger partial charge >= 0.3 is 0 Å². The number of carbonyl (C=O) groups is 1. The lowest BCUT2D eigenvalue weighted by Crippen LogP contribution is -2.49. The predicted octanol–water partition coefficient (Wildman–Crippen LogP) is 3.99. The Kier molecular flexibility index (Phi) is 6.43. The lowest BCUT2D eigenvalue weighted by Gasteiger charge is -2.35. The number of piperazine rings is 1. The van der Waals surface area contributed by atoms with E-state index in [1.165, 1.54) is 5.56 Å². The van der Waals surface area contributed by atoms with Gasteiger partial charge in [-0.05, 0) is 26.3 Å². The molecule has 0 bridgehead atoms. The molecule has 2 heterocycles. The maximum Gasteiger partial charge on any atom is 0.222 e. The van der Waals surface area contributed by atoms with Gasteiger partial charge in [0, 0.05) is 49.9 Å². The molecule has 0 radical (unpaired) electrons. The van der Waals surface area contributed by atoms with E-state index in [2.05, 4.69) is 41.9 Å². The minimum absolute atomic E-state index is 0.294. The van der Waals surface area contributed by atoms with E-state index in [9.17, 15) is 4.79 Å². The van der Waals surface area contributed by atoms with Crippen LogP contribution >= 0.6 is 0 Å². The summed E-state index contributed by atoms with van der Waals surface area (Å²) in [6.07, 6.45) is 3.96. The molecule has 0 unspecified atom stereocenters. The van der Waals surface area contributed by atoms with Crippen LogP contribution in [0.15, 0.2) is 30.3 Å². The molecule has 27 heavy (non-hydrogen) atoms. The second kappa shape index (κ2) is 8.98. The topological polar surface area (TPSA) is 49.3 Å². The molecule has 1 amide bonds. The van der Waals surface area contributed by atoms with Gasteiger partial charge in [0.05, 0.1) is 0 Å². The van der Waals surface area contributed by atoms with Crippen molar-refractivity contribution in [1.29, 1.82) is 0 Å². The summed E-state index contributed by atoms with van der Waals surface area (Å²) >= 11 is 0. The fraction of sp³-hybridized carbons (Fsp3) is 0.500. The van der Waals surface area contributed by atoms with E-state index in [1.54, 1.807) is 0 Å². The number of unbranched alkanes of at least 4 members (excludes halogenated alkanes) is 2. The Morgan fingerprint density at radius 1 is 1.04 bits per heavy atom. The number of aromatic nitrogens is 2. The number of rotatable bonds is 6. The molecular weight excluding hydrogens is 336 g/mol. The highest BCUT2D eigenvalue weighted by molar-refractivity contribution is 5.76. The lowest BCUT2D eigenvalue weighted by atomic mass is 10.1. The largest absolute Gasteiger partial charge is 0.353 e. The SMILES string of the molecule is CCCCCC(=O)N1CCN(c2cc(C)nc(-c3cccc(C)c3)n2)CC1. The molecule has 1 aliphatic rings. The minimum Gasteiger partial charge on any atom is -0.353 e. The highest BCUT2D eigenvalue weighted by atomic mass is 16.2. The molecule has 1 aromatic heterocycles. The van der Waals surface area contributed by atoms with Crippen LogP contribution in [0, 0.1) is 13.8 Å².